The minimum Gasteiger partial charge on any atom is -0.383 e. The van der Waals surface area contributed by atoms with Gasteiger partial charge in [-0.2, -0.15) is 0 Å². The van der Waals surface area contributed by atoms with Crippen molar-refractivity contribution >= 4 is 21.7 Å². The van der Waals surface area contributed by atoms with E-state index in [-0.39, 0.29) is 11.3 Å². The zero-order valence-corrected chi connectivity index (χ0v) is 13.5. The molecule has 1 aliphatic rings. The summed E-state index contributed by atoms with van der Waals surface area (Å²) in [6, 6.07) is 8.46. The first-order valence-corrected chi connectivity index (χ1v) is 7.58. The Hall–Kier alpha value is -1.42. The highest BCUT2D eigenvalue weighted by Crippen LogP contribution is 2.40. The molecule has 4 heteroatoms. The van der Waals surface area contributed by atoms with E-state index < -0.39 is 0 Å². The summed E-state index contributed by atoms with van der Waals surface area (Å²) in [6.45, 7) is 6.41. The monoisotopic (exact) mass is 331 g/mol. The number of rotatable bonds is 1. The van der Waals surface area contributed by atoms with Crippen LogP contribution in [0.2, 0.25) is 0 Å². The summed E-state index contributed by atoms with van der Waals surface area (Å²) in [5.74, 6) is 1.65. The van der Waals surface area contributed by atoms with Gasteiger partial charge in [-0.15, -0.1) is 0 Å². The quantitative estimate of drug-likeness (QED) is 0.864. The Labute approximate surface area is 127 Å². The SMILES string of the molecule is CC(C)(C)c1nc(C2Cc3ccccc32)nc(N)c1Br. The Morgan fingerprint density at radius 3 is 2.55 bits per heavy atom. The molecular weight excluding hydrogens is 314 g/mol. The lowest BCUT2D eigenvalue weighted by Gasteiger charge is -2.30. The minimum atomic E-state index is -0.0616. The van der Waals surface area contributed by atoms with Crippen LogP contribution in [0.25, 0.3) is 0 Å². The number of nitrogens with zero attached hydrogens (tertiary/aromatic N) is 2. The number of hydrogen-bond acceptors (Lipinski definition) is 3. The Kier molecular flexibility index (Phi) is 3.09. The van der Waals surface area contributed by atoms with Gasteiger partial charge in [0.25, 0.3) is 0 Å². The fourth-order valence-corrected chi connectivity index (χ4v) is 3.40. The number of nitrogens with two attached hydrogens (primary N) is 1. The molecule has 0 fully saturated rings. The second-order valence-electron chi connectivity index (χ2n) is 6.34. The molecule has 2 aromatic rings. The van der Waals surface area contributed by atoms with Gasteiger partial charge in [-0.25, -0.2) is 9.97 Å². The molecule has 0 bridgehead atoms. The normalized spacial score (nSPS) is 17.5. The number of nitrogen functional groups attached to an aromatic ring is 1. The van der Waals surface area contributed by atoms with Crippen LogP contribution in [-0.4, -0.2) is 9.97 Å². The van der Waals surface area contributed by atoms with Crippen LogP contribution >= 0.6 is 15.9 Å². The summed E-state index contributed by atoms with van der Waals surface area (Å²) in [6.07, 6.45) is 1.00. The van der Waals surface area contributed by atoms with E-state index in [1.165, 1.54) is 11.1 Å². The van der Waals surface area contributed by atoms with Crippen LogP contribution in [0.1, 0.15) is 49.3 Å². The standard InChI is InChI=1S/C16H18BrN3/c1-16(2,3)13-12(17)14(18)20-15(19-13)11-8-9-6-4-5-7-10(9)11/h4-7,11H,8H2,1-3H3,(H2,18,19,20). The molecule has 0 amide bonds. The van der Waals surface area contributed by atoms with Gasteiger partial charge in [0.15, 0.2) is 0 Å². The molecule has 0 spiro atoms. The summed E-state index contributed by atoms with van der Waals surface area (Å²) in [4.78, 5) is 9.27. The highest BCUT2D eigenvalue weighted by molar-refractivity contribution is 9.10. The molecule has 1 unspecified atom stereocenters. The third-order valence-electron chi connectivity index (χ3n) is 3.77. The van der Waals surface area contributed by atoms with E-state index in [9.17, 15) is 0 Å². The van der Waals surface area contributed by atoms with Crippen molar-refractivity contribution in [1.29, 1.82) is 0 Å². The number of anilines is 1. The van der Waals surface area contributed by atoms with Gasteiger partial charge in [0.1, 0.15) is 11.6 Å². The Balaban J connectivity index is 2.07. The van der Waals surface area contributed by atoms with Crippen molar-refractivity contribution in [1.82, 2.24) is 9.97 Å². The first kappa shape index (κ1) is 13.6. The summed E-state index contributed by atoms with van der Waals surface area (Å²) in [5.41, 5.74) is 9.69. The summed E-state index contributed by atoms with van der Waals surface area (Å²) < 4.78 is 0.821. The molecule has 20 heavy (non-hydrogen) atoms. The van der Waals surface area contributed by atoms with Crippen molar-refractivity contribution < 1.29 is 0 Å². The molecule has 0 saturated heterocycles. The number of halogens is 1. The van der Waals surface area contributed by atoms with Crippen molar-refractivity contribution in [3.05, 3.63) is 51.4 Å². The third kappa shape index (κ3) is 2.12. The molecule has 0 radical (unpaired) electrons. The van der Waals surface area contributed by atoms with Crippen LogP contribution in [0.15, 0.2) is 28.7 Å². The maximum absolute atomic E-state index is 6.06. The summed E-state index contributed by atoms with van der Waals surface area (Å²) in [7, 11) is 0. The van der Waals surface area contributed by atoms with Crippen LogP contribution in [0.3, 0.4) is 0 Å². The minimum absolute atomic E-state index is 0.0616. The zero-order chi connectivity index (χ0) is 14.5. The molecule has 3 nitrogen and oxygen atoms in total. The van der Waals surface area contributed by atoms with Gasteiger partial charge >= 0.3 is 0 Å². The van der Waals surface area contributed by atoms with E-state index in [4.69, 9.17) is 10.7 Å². The van der Waals surface area contributed by atoms with E-state index in [1.54, 1.807) is 0 Å². The number of hydrogen-bond donors (Lipinski definition) is 1. The molecule has 0 saturated carbocycles. The number of benzene rings is 1. The number of fused-ring (bicyclic) bond motifs is 1. The van der Waals surface area contributed by atoms with E-state index in [0.29, 0.717) is 5.82 Å². The summed E-state index contributed by atoms with van der Waals surface area (Å²) >= 11 is 3.52. The fraction of sp³-hybridized carbons (Fsp3) is 0.375. The average Bonchev–Trinajstić information content (AvgIpc) is 2.33. The molecule has 3 rings (SSSR count). The summed E-state index contributed by atoms with van der Waals surface area (Å²) in [5, 5.41) is 0. The molecule has 104 valence electrons. The lowest BCUT2D eigenvalue weighted by Crippen LogP contribution is -2.24. The van der Waals surface area contributed by atoms with Gasteiger partial charge in [-0.05, 0) is 33.5 Å². The maximum atomic E-state index is 6.06. The van der Waals surface area contributed by atoms with E-state index in [0.717, 1.165) is 22.4 Å². The first-order valence-electron chi connectivity index (χ1n) is 6.79. The largest absolute Gasteiger partial charge is 0.383 e. The molecule has 1 heterocycles. The van der Waals surface area contributed by atoms with E-state index in [2.05, 4.69) is 66.0 Å². The van der Waals surface area contributed by atoms with Gasteiger partial charge in [0, 0.05) is 11.3 Å². The van der Waals surface area contributed by atoms with Crippen molar-refractivity contribution in [2.45, 2.75) is 38.5 Å². The lowest BCUT2D eigenvalue weighted by molar-refractivity contribution is 0.549. The Bertz CT molecular complexity index is 674. The average molecular weight is 332 g/mol. The highest BCUT2D eigenvalue weighted by atomic mass is 79.9. The van der Waals surface area contributed by atoms with E-state index in [1.807, 2.05) is 0 Å². The highest BCUT2D eigenvalue weighted by Gasteiger charge is 2.31. The van der Waals surface area contributed by atoms with Crippen molar-refractivity contribution in [3.8, 4) is 0 Å². The molecule has 2 N–H and O–H groups in total. The maximum Gasteiger partial charge on any atom is 0.141 e. The number of aromatic nitrogens is 2. The van der Waals surface area contributed by atoms with Crippen LogP contribution in [0, 0.1) is 0 Å². The predicted molar refractivity (Wildman–Crippen MR) is 84.8 cm³/mol. The van der Waals surface area contributed by atoms with Crippen LogP contribution in [0.4, 0.5) is 5.82 Å². The van der Waals surface area contributed by atoms with Crippen LogP contribution in [0.5, 0.6) is 0 Å². The smallest absolute Gasteiger partial charge is 0.141 e. The Morgan fingerprint density at radius 2 is 1.90 bits per heavy atom. The van der Waals surface area contributed by atoms with Crippen LogP contribution in [-0.2, 0) is 11.8 Å². The second kappa shape index (κ2) is 4.55. The van der Waals surface area contributed by atoms with Gasteiger partial charge in [-0.1, -0.05) is 45.0 Å². The van der Waals surface area contributed by atoms with Gasteiger partial charge < -0.3 is 5.73 Å². The lowest BCUT2D eigenvalue weighted by atomic mass is 9.77. The Morgan fingerprint density at radius 1 is 1.20 bits per heavy atom. The van der Waals surface area contributed by atoms with Gasteiger partial charge in [0.2, 0.25) is 0 Å². The third-order valence-corrected chi connectivity index (χ3v) is 4.55. The van der Waals surface area contributed by atoms with Crippen molar-refractivity contribution in [2.75, 3.05) is 5.73 Å². The molecule has 1 atom stereocenters. The molecule has 1 aromatic heterocycles. The van der Waals surface area contributed by atoms with Crippen LogP contribution < -0.4 is 5.73 Å². The molecule has 1 aliphatic carbocycles. The first-order chi connectivity index (χ1) is 9.38. The van der Waals surface area contributed by atoms with Crippen molar-refractivity contribution in [2.24, 2.45) is 0 Å². The van der Waals surface area contributed by atoms with Crippen molar-refractivity contribution in [3.63, 3.8) is 0 Å². The van der Waals surface area contributed by atoms with Gasteiger partial charge in [0.05, 0.1) is 10.2 Å². The molecular formula is C16H18BrN3. The molecule has 1 aromatic carbocycles. The second-order valence-corrected chi connectivity index (χ2v) is 7.13. The zero-order valence-electron chi connectivity index (χ0n) is 11.9. The molecule has 0 aliphatic heterocycles. The predicted octanol–water partition coefficient (Wildman–Crippen LogP) is 3.81. The topological polar surface area (TPSA) is 51.8 Å². The fourth-order valence-electron chi connectivity index (χ4n) is 2.62. The van der Waals surface area contributed by atoms with E-state index >= 15 is 0 Å². The van der Waals surface area contributed by atoms with Gasteiger partial charge in [-0.3, -0.25) is 0 Å².